The molecule has 88 valence electrons. The Morgan fingerprint density at radius 3 is 2.62 bits per heavy atom. The highest BCUT2D eigenvalue weighted by Crippen LogP contribution is 2.16. The van der Waals surface area contributed by atoms with Crippen molar-refractivity contribution in [3.63, 3.8) is 0 Å². The summed E-state index contributed by atoms with van der Waals surface area (Å²) < 4.78 is 0. The maximum Gasteiger partial charge on any atom is 0.241 e. The van der Waals surface area contributed by atoms with Crippen LogP contribution < -0.4 is 11.1 Å². The fraction of sp³-hybridized carbons (Fsp3) is 0.455. The molecule has 0 aliphatic heterocycles. The summed E-state index contributed by atoms with van der Waals surface area (Å²) in [6, 6.07) is 2.83. The van der Waals surface area contributed by atoms with Gasteiger partial charge >= 0.3 is 0 Å². The Kier molecular flexibility index (Phi) is 4.26. The summed E-state index contributed by atoms with van der Waals surface area (Å²) in [5.41, 5.74) is 7.05. The first-order chi connectivity index (χ1) is 7.41. The van der Waals surface area contributed by atoms with Gasteiger partial charge in [-0.2, -0.15) is 0 Å². The first-order valence-electron chi connectivity index (χ1n) is 5.11. The molecule has 0 fully saturated rings. The van der Waals surface area contributed by atoms with E-state index in [0.29, 0.717) is 16.5 Å². The van der Waals surface area contributed by atoms with E-state index in [1.165, 1.54) is 0 Å². The largest absolute Gasteiger partial charge is 0.323 e. The van der Waals surface area contributed by atoms with Gasteiger partial charge in [-0.25, -0.2) is 4.98 Å². The number of anilines is 1. The molecule has 5 heteroatoms. The number of nitrogens with one attached hydrogen (secondary N) is 1. The monoisotopic (exact) mass is 241 g/mol. The number of hydrogen-bond acceptors (Lipinski definition) is 3. The van der Waals surface area contributed by atoms with Crippen molar-refractivity contribution in [1.29, 1.82) is 0 Å². The standard InChI is InChI=1S/C11H16ClN3O/c1-6(2)10(13)11(16)15-8-4-5-9(12)14-7(8)3/h4-6,10H,13H2,1-3H3,(H,15,16). The number of nitrogens with zero attached hydrogens (tertiary/aromatic N) is 1. The number of pyridine rings is 1. The van der Waals surface area contributed by atoms with E-state index in [1.54, 1.807) is 19.1 Å². The first kappa shape index (κ1) is 12.9. The third-order valence-electron chi connectivity index (χ3n) is 2.33. The van der Waals surface area contributed by atoms with Gasteiger partial charge in [0.05, 0.1) is 17.4 Å². The summed E-state index contributed by atoms with van der Waals surface area (Å²) in [6.07, 6.45) is 0. The Hall–Kier alpha value is -1.13. The Morgan fingerprint density at radius 2 is 2.12 bits per heavy atom. The SMILES string of the molecule is Cc1nc(Cl)ccc1NC(=O)C(N)C(C)C. The molecule has 1 unspecified atom stereocenters. The number of halogens is 1. The number of carbonyl (C=O) groups excluding carboxylic acids is 1. The zero-order chi connectivity index (χ0) is 12.3. The molecule has 1 aromatic heterocycles. The third-order valence-corrected chi connectivity index (χ3v) is 2.54. The molecule has 0 aliphatic rings. The number of rotatable bonds is 3. The van der Waals surface area contributed by atoms with Gasteiger partial charge in [-0.1, -0.05) is 25.4 Å². The number of nitrogens with two attached hydrogens (primary N) is 1. The molecule has 0 spiro atoms. The summed E-state index contributed by atoms with van der Waals surface area (Å²) >= 11 is 5.72. The smallest absolute Gasteiger partial charge is 0.241 e. The van der Waals surface area contributed by atoms with Crippen LogP contribution >= 0.6 is 11.6 Å². The number of carbonyl (C=O) groups is 1. The fourth-order valence-corrected chi connectivity index (χ4v) is 1.37. The predicted molar refractivity (Wildman–Crippen MR) is 65.4 cm³/mol. The Balaban J connectivity index is 2.77. The van der Waals surface area contributed by atoms with Gasteiger partial charge in [0.25, 0.3) is 0 Å². The number of aryl methyl sites for hydroxylation is 1. The highest BCUT2D eigenvalue weighted by molar-refractivity contribution is 6.29. The lowest BCUT2D eigenvalue weighted by molar-refractivity contribution is -0.118. The van der Waals surface area contributed by atoms with Crippen molar-refractivity contribution in [2.75, 3.05) is 5.32 Å². The van der Waals surface area contributed by atoms with E-state index >= 15 is 0 Å². The lowest BCUT2D eigenvalue weighted by Gasteiger charge is -2.16. The second-order valence-corrected chi connectivity index (χ2v) is 4.41. The van der Waals surface area contributed by atoms with E-state index in [9.17, 15) is 4.79 Å². The van der Waals surface area contributed by atoms with Crippen molar-refractivity contribution in [2.45, 2.75) is 26.8 Å². The minimum atomic E-state index is -0.518. The van der Waals surface area contributed by atoms with Crippen LogP contribution in [0, 0.1) is 12.8 Å². The van der Waals surface area contributed by atoms with Crippen molar-refractivity contribution < 1.29 is 4.79 Å². The van der Waals surface area contributed by atoms with Crippen LogP contribution in [-0.2, 0) is 4.79 Å². The molecular weight excluding hydrogens is 226 g/mol. The van der Waals surface area contributed by atoms with Crippen LogP contribution in [0.15, 0.2) is 12.1 Å². The Labute approximate surface area is 100 Å². The molecular formula is C11H16ClN3O. The summed E-state index contributed by atoms with van der Waals surface area (Å²) in [5, 5.41) is 3.14. The van der Waals surface area contributed by atoms with Crippen LogP contribution in [0.2, 0.25) is 5.15 Å². The molecule has 3 N–H and O–H groups in total. The molecule has 0 aliphatic carbocycles. The summed E-state index contributed by atoms with van der Waals surface area (Å²) in [6.45, 7) is 5.58. The highest BCUT2D eigenvalue weighted by Gasteiger charge is 2.17. The molecule has 1 atom stereocenters. The second kappa shape index (κ2) is 5.27. The fourth-order valence-electron chi connectivity index (χ4n) is 1.18. The number of hydrogen-bond donors (Lipinski definition) is 2. The minimum Gasteiger partial charge on any atom is -0.323 e. The van der Waals surface area contributed by atoms with Crippen LogP contribution in [-0.4, -0.2) is 16.9 Å². The number of aromatic nitrogens is 1. The van der Waals surface area contributed by atoms with Crippen LogP contribution in [0.4, 0.5) is 5.69 Å². The van der Waals surface area contributed by atoms with E-state index < -0.39 is 6.04 Å². The highest BCUT2D eigenvalue weighted by atomic mass is 35.5. The van der Waals surface area contributed by atoms with Gasteiger partial charge in [0.2, 0.25) is 5.91 Å². The molecule has 0 saturated carbocycles. The normalized spacial score (nSPS) is 12.6. The average Bonchev–Trinajstić information content (AvgIpc) is 2.20. The van der Waals surface area contributed by atoms with Gasteiger partial charge in [-0.05, 0) is 25.0 Å². The van der Waals surface area contributed by atoms with Gasteiger partial charge in [-0.15, -0.1) is 0 Å². The van der Waals surface area contributed by atoms with E-state index in [2.05, 4.69) is 10.3 Å². The van der Waals surface area contributed by atoms with E-state index in [0.717, 1.165) is 0 Å². The summed E-state index contributed by atoms with van der Waals surface area (Å²) in [7, 11) is 0. The topological polar surface area (TPSA) is 68.0 Å². The third kappa shape index (κ3) is 3.18. The van der Waals surface area contributed by atoms with Gasteiger partial charge < -0.3 is 11.1 Å². The summed E-state index contributed by atoms with van der Waals surface area (Å²) in [5.74, 6) is -0.109. The molecule has 0 saturated heterocycles. The van der Waals surface area contributed by atoms with E-state index in [-0.39, 0.29) is 11.8 Å². The van der Waals surface area contributed by atoms with Gasteiger partial charge in [0, 0.05) is 0 Å². The molecule has 1 heterocycles. The lowest BCUT2D eigenvalue weighted by atomic mass is 10.0. The predicted octanol–water partition coefficient (Wildman–Crippen LogP) is 1.97. The maximum absolute atomic E-state index is 11.7. The van der Waals surface area contributed by atoms with Gasteiger partial charge in [0.1, 0.15) is 5.15 Å². The lowest BCUT2D eigenvalue weighted by Crippen LogP contribution is -2.39. The molecule has 1 aromatic rings. The minimum absolute atomic E-state index is 0.0977. The van der Waals surface area contributed by atoms with Crippen molar-refractivity contribution in [1.82, 2.24) is 4.98 Å². The van der Waals surface area contributed by atoms with Crippen molar-refractivity contribution in [2.24, 2.45) is 11.7 Å². The van der Waals surface area contributed by atoms with Crippen molar-refractivity contribution in [3.8, 4) is 0 Å². The summed E-state index contributed by atoms with van der Waals surface area (Å²) in [4.78, 5) is 15.7. The quantitative estimate of drug-likeness (QED) is 0.795. The number of amides is 1. The second-order valence-electron chi connectivity index (χ2n) is 4.03. The van der Waals surface area contributed by atoms with Gasteiger partial charge in [0.15, 0.2) is 0 Å². The van der Waals surface area contributed by atoms with E-state index in [4.69, 9.17) is 17.3 Å². The Bertz CT molecular complexity index is 393. The van der Waals surface area contributed by atoms with Gasteiger partial charge in [-0.3, -0.25) is 4.79 Å². The van der Waals surface area contributed by atoms with Crippen molar-refractivity contribution in [3.05, 3.63) is 23.0 Å². The van der Waals surface area contributed by atoms with Crippen LogP contribution in [0.25, 0.3) is 0 Å². The molecule has 1 amide bonds. The van der Waals surface area contributed by atoms with E-state index in [1.807, 2.05) is 13.8 Å². The van der Waals surface area contributed by atoms with Crippen LogP contribution in [0.3, 0.4) is 0 Å². The first-order valence-corrected chi connectivity index (χ1v) is 5.49. The molecule has 16 heavy (non-hydrogen) atoms. The maximum atomic E-state index is 11.7. The molecule has 4 nitrogen and oxygen atoms in total. The average molecular weight is 242 g/mol. The molecule has 0 aromatic carbocycles. The zero-order valence-corrected chi connectivity index (χ0v) is 10.4. The van der Waals surface area contributed by atoms with Crippen molar-refractivity contribution >= 4 is 23.2 Å². The van der Waals surface area contributed by atoms with Crippen LogP contribution in [0.1, 0.15) is 19.5 Å². The molecule has 1 rings (SSSR count). The van der Waals surface area contributed by atoms with Crippen LogP contribution in [0.5, 0.6) is 0 Å². The zero-order valence-electron chi connectivity index (χ0n) is 9.62. The Morgan fingerprint density at radius 1 is 1.50 bits per heavy atom. The molecule has 0 bridgehead atoms. The molecule has 0 radical (unpaired) electrons.